The number of rotatable bonds is 6. The van der Waals surface area contributed by atoms with E-state index in [2.05, 4.69) is 9.97 Å². The van der Waals surface area contributed by atoms with Crippen molar-refractivity contribution in [2.24, 2.45) is 0 Å². The van der Waals surface area contributed by atoms with Crippen molar-refractivity contribution in [2.45, 2.75) is 0 Å². The minimum absolute atomic E-state index is 0.200. The van der Waals surface area contributed by atoms with E-state index in [9.17, 15) is 9.90 Å². The Kier molecular flexibility index (Phi) is 5.19. The number of hydrogen-bond donors (Lipinski definition) is 1. The van der Waals surface area contributed by atoms with E-state index in [1.165, 1.54) is 27.4 Å². The first-order chi connectivity index (χ1) is 10.6. The van der Waals surface area contributed by atoms with Crippen molar-refractivity contribution in [3.05, 3.63) is 29.8 Å². The van der Waals surface area contributed by atoms with E-state index in [0.29, 0.717) is 26.7 Å². The number of hydrogen-bond acceptors (Lipinski definition) is 6. The van der Waals surface area contributed by atoms with Gasteiger partial charge >= 0.3 is 133 Å². The van der Waals surface area contributed by atoms with E-state index >= 15 is 0 Å². The molecule has 2 rings (SSSR count). The molecule has 0 aliphatic heterocycles. The number of carboxylic acid groups (broad SMARTS) is 1. The van der Waals surface area contributed by atoms with Crippen LogP contribution in [0.15, 0.2) is 24.3 Å². The van der Waals surface area contributed by atoms with Crippen LogP contribution in [0.1, 0.15) is 10.4 Å². The van der Waals surface area contributed by atoms with Crippen LogP contribution in [0, 0.1) is 0 Å². The van der Waals surface area contributed by atoms with Gasteiger partial charge in [-0.15, -0.1) is 0 Å². The van der Waals surface area contributed by atoms with Gasteiger partial charge in [0.25, 0.3) is 0 Å². The van der Waals surface area contributed by atoms with Gasteiger partial charge in [-0.1, -0.05) is 0 Å². The molecule has 7 nitrogen and oxygen atoms in total. The second-order valence-corrected chi connectivity index (χ2v) is 6.12. The Balaban J connectivity index is 2.43. The number of benzene rings is 1. The molecule has 8 heteroatoms. The van der Waals surface area contributed by atoms with Gasteiger partial charge in [-0.3, -0.25) is 0 Å². The van der Waals surface area contributed by atoms with Crippen molar-refractivity contribution in [3.8, 4) is 17.5 Å². The maximum absolute atomic E-state index is 11.3. The normalized spacial score (nSPS) is 10.1. The van der Waals surface area contributed by atoms with Crippen LogP contribution < -0.4 is 23.4 Å². The fraction of sp³-hybridized carbons (Fsp3) is 0.214. The quantitative estimate of drug-likeness (QED) is 0.709. The van der Waals surface area contributed by atoms with E-state index in [0.717, 1.165) is 0 Å². The van der Waals surface area contributed by atoms with Gasteiger partial charge in [0.1, 0.15) is 0 Å². The molecule has 2 aromatic rings. The van der Waals surface area contributed by atoms with E-state index in [-0.39, 0.29) is 5.56 Å². The fourth-order valence-electron chi connectivity index (χ4n) is 1.63. The molecule has 1 aromatic heterocycles. The van der Waals surface area contributed by atoms with Crippen LogP contribution in [0.2, 0.25) is 0 Å². The maximum atomic E-state index is 11.3. The monoisotopic (exact) mass is 370 g/mol. The third kappa shape index (κ3) is 3.66. The summed E-state index contributed by atoms with van der Waals surface area (Å²) in [5.41, 5.74) is 0.200. The van der Waals surface area contributed by atoms with Gasteiger partial charge in [-0.05, 0) is 0 Å². The molecule has 0 saturated carbocycles. The van der Waals surface area contributed by atoms with Crippen LogP contribution in [0.5, 0.6) is 17.5 Å². The van der Waals surface area contributed by atoms with Crippen molar-refractivity contribution < 1.29 is 24.1 Å². The van der Waals surface area contributed by atoms with E-state index in [1.807, 2.05) is 0 Å². The SMILES string of the molecule is COc1ccc(C(=O)O)c([Se]c2nc(OC)cc(OC)n2)c1. The first-order valence-corrected chi connectivity index (χ1v) is 7.85. The van der Waals surface area contributed by atoms with Gasteiger partial charge in [0.15, 0.2) is 0 Å². The van der Waals surface area contributed by atoms with Crippen molar-refractivity contribution in [2.75, 3.05) is 21.3 Å². The van der Waals surface area contributed by atoms with E-state index < -0.39 is 20.9 Å². The number of carboxylic acids is 1. The van der Waals surface area contributed by atoms with Gasteiger partial charge in [-0.25, -0.2) is 0 Å². The summed E-state index contributed by atoms with van der Waals surface area (Å²) < 4.78 is 16.4. The molecule has 1 N–H and O–H groups in total. The second kappa shape index (κ2) is 7.11. The predicted molar refractivity (Wildman–Crippen MR) is 80.1 cm³/mol. The zero-order valence-electron chi connectivity index (χ0n) is 12.2. The number of carbonyl (C=O) groups is 1. The zero-order chi connectivity index (χ0) is 16.1. The van der Waals surface area contributed by atoms with Gasteiger partial charge in [0, 0.05) is 0 Å². The molecule has 1 aromatic carbocycles. The Morgan fingerprint density at radius 2 is 1.68 bits per heavy atom. The first kappa shape index (κ1) is 16.1. The summed E-state index contributed by atoms with van der Waals surface area (Å²) >= 11 is -0.440. The van der Waals surface area contributed by atoms with Crippen LogP contribution in [0.4, 0.5) is 0 Å². The summed E-state index contributed by atoms with van der Waals surface area (Å²) in [5, 5.41) is 9.29. The molecule has 0 unspecified atom stereocenters. The second-order valence-electron chi connectivity index (χ2n) is 4.00. The average molecular weight is 369 g/mol. The molecule has 0 bridgehead atoms. The van der Waals surface area contributed by atoms with Gasteiger partial charge in [0.2, 0.25) is 0 Å². The number of methoxy groups -OCH3 is 3. The van der Waals surface area contributed by atoms with Crippen LogP contribution in [0.3, 0.4) is 0 Å². The Morgan fingerprint density at radius 3 is 2.18 bits per heavy atom. The zero-order valence-corrected chi connectivity index (χ0v) is 13.9. The van der Waals surface area contributed by atoms with Crippen LogP contribution in [-0.4, -0.2) is 57.3 Å². The predicted octanol–water partition coefficient (Wildman–Crippen LogP) is -0.144. The fourth-order valence-corrected chi connectivity index (χ4v) is 3.53. The van der Waals surface area contributed by atoms with Crippen molar-refractivity contribution in [3.63, 3.8) is 0 Å². The van der Waals surface area contributed by atoms with Crippen molar-refractivity contribution >= 4 is 30.1 Å². The number of nitrogens with zero attached hydrogens (tertiary/aromatic N) is 2. The summed E-state index contributed by atoms with van der Waals surface area (Å²) in [4.78, 5) is 19.8. The standard InChI is InChI=1S/C14H14N2O5Se/c1-19-8-4-5-9(13(17)18)10(6-8)22-14-15-11(20-2)7-12(16-14)21-3/h4-7H,1-3H3,(H,17,18). The number of aromatic carboxylic acids is 1. The molecule has 0 radical (unpaired) electrons. The summed E-state index contributed by atoms with van der Waals surface area (Å²) in [5.74, 6) is 0.304. The topological polar surface area (TPSA) is 90.8 Å². The van der Waals surface area contributed by atoms with Crippen molar-refractivity contribution in [1.29, 1.82) is 0 Å². The summed E-state index contributed by atoms with van der Waals surface area (Å²) in [6.07, 6.45) is 0. The summed E-state index contributed by atoms with van der Waals surface area (Å²) in [7, 11) is 4.51. The Hall–Kier alpha value is -2.31. The van der Waals surface area contributed by atoms with E-state index in [1.54, 1.807) is 18.2 Å². The molecule has 0 spiro atoms. The molecule has 1 heterocycles. The summed E-state index contributed by atoms with van der Waals surface area (Å²) in [6, 6.07) is 6.35. The van der Waals surface area contributed by atoms with Gasteiger partial charge in [-0.2, -0.15) is 0 Å². The molecule has 0 atom stereocenters. The van der Waals surface area contributed by atoms with E-state index in [4.69, 9.17) is 14.2 Å². The Morgan fingerprint density at radius 1 is 1.05 bits per heavy atom. The molecule has 0 aliphatic rings. The third-order valence-electron chi connectivity index (χ3n) is 2.70. The van der Waals surface area contributed by atoms with Crippen LogP contribution in [0.25, 0.3) is 0 Å². The molecule has 0 amide bonds. The number of aromatic nitrogens is 2. The van der Waals surface area contributed by atoms with Crippen LogP contribution >= 0.6 is 0 Å². The van der Waals surface area contributed by atoms with Crippen molar-refractivity contribution in [1.82, 2.24) is 9.97 Å². The molecule has 0 aliphatic carbocycles. The first-order valence-electron chi connectivity index (χ1n) is 6.13. The minimum atomic E-state index is -1.01. The van der Waals surface area contributed by atoms with Gasteiger partial charge < -0.3 is 0 Å². The Labute approximate surface area is 133 Å². The molecule has 0 fully saturated rings. The summed E-state index contributed by atoms with van der Waals surface area (Å²) in [6.45, 7) is 0. The Bertz CT molecular complexity index is 671. The molecule has 0 saturated heterocycles. The van der Waals surface area contributed by atoms with Gasteiger partial charge in [0.05, 0.1) is 0 Å². The van der Waals surface area contributed by atoms with Crippen LogP contribution in [-0.2, 0) is 0 Å². The average Bonchev–Trinajstić information content (AvgIpc) is 2.53. The molecular formula is C14H14N2O5Se. The molecule has 22 heavy (non-hydrogen) atoms. The molecular weight excluding hydrogens is 355 g/mol. The number of ether oxygens (including phenoxy) is 3. The third-order valence-corrected chi connectivity index (χ3v) is 4.63. The molecule has 116 valence electrons.